The Hall–Kier alpha value is -4.71. The van der Waals surface area contributed by atoms with Crippen molar-refractivity contribution in [3.8, 4) is 11.4 Å². The van der Waals surface area contributed by atoms with Crippen molar-refractivity contribution in [3.63, 3.8) is 0 Å². The van der Waals surface area contributed by atoms with Gasteiger partial charge in [-0.2, -0.15) is 9.61 Å². The van der Waals surface area contributed by atoms with Crippen LogP contribution in [0.2, 0.25) is 5.02 Å². The summed E-state index contributed by atoms with van der Waals surface area (Å²) in [6.45, 7) is 0.810. The van der Waals surface area contributed by atoms with Crippen molar-refractivity contribution in [1.82, 2.24) is 39.6 Å². The van der Waals surface area contributed by atoms with Crippen molar-refractivity contribution >= 4 is 46.1 Å². The molecule has 0 unspecified atom stereocenters. The van der Waals surface area contributed by atoms with Gasteiger partial charge in [0.2, 0.25) is 11.9 Å². The number of aromatic nitrogens is 6. The molecule has 4 heterocycles. The quantitative estimate of drug-likeness (QED) is 0.344. The molecule has 12 nitrogen and oxygen atoms in total. The van der Waals surface area contributed by atoms with E-state index in [1.807, 2.05) is 36.4 Å². The molecule has 1 aliphatic rings. The molecular formula is C26H24ClN9O3. The van der Waals surface area contributed by atoms with Crippen molar-refractivity contribution in [1.29, 1.82) is 0 Å². The minimum atomic E-state index is -0.824. The number of nitrogens with zero attached hydrogens (tertiary/aromatic N) is 7. The third kappa shape index (κ3) is 4.93. The number of ether oxygens (including phenoxy) is 1. The van der Waals surface area contributed by atoms with Gasteiger partial charge in [-0.15, -0.1) is 5.10 Å². The van der Waals surface area contributed by atoms with Gasteiger partial charge in [0.25, 0.3) is 0 Å². The minimum Gasteiger partial charge on any atom is -0.445 e. The second-order valence-electron chi connectivity index (χ2n) is 9.12. The monoisotopic (exact) mass is 545 g/mol. The van der Waals surface area contributed by atoms with Crippen molar-refractivity contribution < 1.29 is 14.3 Å². The summed E-state index contributed by atoms with van der Waals surface area (Å²) >= 11 is 6.53. The van der Waals surface area contributed by atoms with Crippen LogP contribution in [0.3, 0.4) is 0 Å². The summed E-state index contributed by atoms with van der Waals surface area (Å²) in [7, 11) is 1.81. The van der Waals surface area contributed by atoms with Crippen molar-refractivity contribution in [2.75, 3.05) is 25.0 Å². The Labute approximate surface area is 227 Å². The van der Waals surface area contributed by atoms with Gasteiger partial charge in [0.1, 0.15) is 12.6 Å². The molecule has 39 heavy (non-hydrogen) atoms. The lowest BCUT2D eigenvalue weighted by molar-refractivity contribution is -0.121. The van der Waals surface area contributed by atoms with Gasteiger partial charge in [-0.1, -0.05) is 48.0 Å². The highest BCUT2D eigenvalue weighted by molar-refractivity contribution is 6.36. The molecule has 6 rings (SSSR count). The number of hydrogen-bond donors (Lipinski definition) is 2. The highest BCUT2D eigenvalue weighted by Gasteiger charge is 2.30. The van der Waals surface area contributed by atoms with E-state index in [4.69, 9.17) is 26.3 Å². The maximum absolute atomic E-state index is 13.0. The zero-order chi connectivity index (χ0) is 26.9. The summed E-state index contributed by atoms with van der Waals surface area (Å²) in [5.74, 6) is 0.431. The second kappa shape index (κ2) is 10.2. The Morgan fingerprint density at radius 2 is 2.03 bits per heavy atom. The lowest BCUT2D eigenvalue weighted by atomic mass is 10.2. The van der Waals surface area contributed by atoms with Gasteiger partial charge in [0, 0.05) is 26.3 Å². The normalized spacial score (nSPS) is 15.8. The molecule has 2 amide bonds. The fourth-order valence-electron chi connectivity index (χ4n) is 4.44. The zero-order valence-corrected chi connectivity index (χ0v) is 21.7. The molecule has 0 aliphatic carbocycles. The fraction of sp³-hybridized carbons (Fsp3) is 0.231. The highest BCUT2D eigenvalue weighted by Crippen LogP contribution is 2.29. The molecule has 3 aromatic heterocycles. The third-order valence-electron chi connectivity index (χ3n) is 6.38. The van der Waals surface area contributed by atoms with Crippen LogP contribution in [-0.4, -0.2) is 71.9 Å². The Morgan fingerprint density at radius 1 is 1.18 bits per heavy atom. The van der Waals surface area contributed by atoms with Crippen LogP contribution in [-0.2, 0) is 23.2 Å². The van der Waals surface area contributed by atoms with E-state index in [-0.39, 0.29) is 25.0 Å². The average Bonchev–Trinajstić information content (AvgIpc) is 3.53. The van der Waals surface area contributed by atoms with Crippen LogP contribution in [0.4, 0.5) is 10.7 Å². The first-order chi connectivity index (χ1) is 19.0. The number of rotatable bonds is 5. The lowest BCUT2D eigenvalue weighted by Crippen LogP contribution is -2.44. The Kier molecular flexibility index (Phi) is 6.45. The van der Waals surface area contributed by atoms with Crippen LogP contribution < -0.4 is 10.6 Å². The number of amides is 2. The number of anilines is 1. The molecule has 1 saturated heterocycles. The summed E-state index contributed by atoms with van der Waals surface area (Å²) < 4.78 is 8.68. The average molecular weight is 546 g/mol. The lowest BCUT2D eigenvalue weighted by Gasteiger charge is -2.23. The van der Waals surface area contributed by atoms with Crippen LogP contribution in [0.15, 0.2) is 60.9 Å². The molecule has 1 aliphatic heterocycles. The topological polar surface area (TPSA) is 132 Å². The molecular weight excluding hydrogens is 522 g/mol. The van der Waals surface area contributed by atoms with Crippen molar-refractivity contribution in [2.24, 2.45) is 7.05 Å². The van der Waals surface area contributed by atoms with E-state index in [2.05, 4.69) is 20.8 Å². The van der Waals surface area contributed by atoms with E-state index >= 15 is 0 Å². The van der Waals surface area contributed by atoms with Crippen LogP contribution in [0.25, 0.3) is 27.9 Å². The molecule has 0 bridgehead atoms. The predicted molar refractivity (Wildman–Crippen MR) is 144 cm³/mol. The van der Waals surface area contributed by atoms with Gasteiger partial charge in [0.05, 0.1) is 34.2 Å². The Bertz CT molecular complexity index is 1680. The van der Waals surface area contributed by atoms with E-state index in [1.165, 1.54) is 9.42 Å². The van der Waals surface area contributed by atoms with Crippen molar-refractivity contribution in [3.05, 3.63) is 71.5 Å². The number of nitrogens with one attached hydrogen (secondary N) is 2. The summed E-state index contributed by atoms with van der Waals surface area (Å²) in [5, 5.41) is 16.0. The molecule has 0 spiro atoms. The van der Waals surface area contributed by atoms with Crippen LogP contribution >= 0.6 is 11.6 Å². The van der Waals surface area contributed by atoms with Gasteiger partial charge in [-0.3, -0.25) is 9.48 Å². The molecule has 0 saturated carbocycles. The van der Waals surface area contributed by atoms with Crippen LogP contribution in [0, 0.1) is 0 Å². The summed E-state index contributed by atoms with van der Waals surface area (Å²) in [6, 6.07) is 14.0. The smallest absolute Gasteiger partial charge is 0.410 e. The van der Waals surface area contributed by atoms with Crippen LogP contribution in [0.1, 0.15) is 5.56 Å². The Morgan fingerprint density at radius 3 is 2.82 bits per heavy atom. The van der Waals surface area contributed by atoms with E-state index in [9.17, 15) is 9.59 Å². The maximum Gasteiger partial charge on any atom is 0.410 e. The van der Waals surface area contributed by atoms with Gasteiger partial charge < -0.3 is 20.3 Å². The van der Waals surface area contributed by atoms with Crippen LogP contribution in [0.5, 0.6) is 0 Å². The SMILES string of the molecule is Cn1cc(-c2nc3c4c(Cl)cccc4nc(N[C@@H]4CN(C(=O)OCc5ccccc5)CCNC4=O)n3n2)cn1. The molecule has 1 fully saturated rings. The molecule has 2 N–H and O–H groups in total. The second-order valence-corrected chi connectivity index (χ2v) is 9.52. The van der Waals surface area contributed by atoms with E-state index in [0.29, 0.717) is 46.1 Å². The standard InChI is InChI=1S/C26H24ClN9O3/c1-34-13-17(12-29-34)22-32-23-21-18(27)8-5-9-19(21)30-25(36(23)33-22)31-20-14-35(11-10-28-24(20)37)26(38)39-15-16-6-3-2-4-7-16/h2-9,12-13,20H,10-11,14-15H2,1H3,(H,28,37)(H,30,31)/t20-/m1/s1. The Balaban J connectivity index is 1.32. The molecule has 1 atom stereocenters. The van der Waals surface area contributed by atoms with Gasteiger partial charge in [-0.25, -0.2) is 14.8 Å². The zero-order valence-electron chi connectivity index (χ0n) is 20.9. The van der Waals surface area contributed by atoms with Crippen molar-refractivity contribution in [2.45, 2.75) is 12.6 Å². The molecule has 198 valence electrons. The summed E-state index contributed by atoms with van der Waals surface area (Å²) in [6.07, 6.45) is 2.96. The van der Waals surface area contributed by atoms with E-state index < -0.39 is 12.1 Å². The van der Waals surface area contributed by atoms with Gasteiger partial charge in [-0.05, 0) is 17.7 Å². The first kappa shape index (κ1) is 24.6. The first-order valence-electron chi connectivity index (χ1n) is 12.3. The van der Waals surface area contributed by atoms with Gasteiger partial charge >= 0.3 is 6.09 Å². The third-order valence-corrected chi connectivity index (χ3v) is 6.69. The minimum absolute atomic E-state index is 0.0698. The van der Waals surface area contributed by atoms with E-state index in [0.717, 1.165) is 5.56 Å². The number of aryl methyl sites for hydroxylation is 1. The molecule has 2 aromatic carbocycles. The predicted octanol–water partition coefficient (Wildman–Crippen LogP) is 2.88. The number of hydrogen-bond acceptors (Lipinski definition) is 8. The fourth-order valence-corrected chi connectivity index (χ4v) is 4.69. The molecule has 0 radical (unpaired) electrons. The number of fused-ring (bicyclic) bond motifs is 3. The summed E-state index contributed by atoms with van der Waals surface area (Å²) in [5.41, 5.74) is 2.64. The highest BCUT2D eigenvalue weighted by atomic mass is 35.5. The number of carbonyl (C=O) groups excluding carboxylic acids is 2. The maximum atomic E-state index is 13.0. The molecule has 5 aromatic rings. The van der Waals surface area contributed by atoms with Gasteiger partial charge in [0.15, 0.2) is 11.5 Å². The first-order valence-corrected chi connectivity index (χ1v) is 12.7. The molecule has 13 heteroatoms. The number of benzene rings is 2. The van der Waals surface area contributed by atoms with E-state index in [1.54, 1.807) is 36.3 Å². The summed E-state index contributed by atoms with van der Waals surface area (Å²) in [4.78, 5) is 36.8. The number of halogens is 1. The number of carbonyl (C=O) groups is 2. The largest absolute Gasteiger partial charge is 0.445 e.